The molecule has 21 heavy (non-hydrogen) atoms. The lowest BCUT2D eigenvalue weighted by Gasteiger charge is -2.12. The first-order valence-corrected chi connectivity index (χ1v) is 7.38. The monoisotopic (exact) mass is 288 g/mol. The van der Waals surface area contributed by atoms with Gasteiger partial charge in [-0.25, -0.2) is 4.39 Å². The number of hydrogen-bond acceptors (Lipinski definition) is 2. The van der Waals surface area contributed by atoms with Gasteiger partial charge in [-0.1, -0.05) is 25.5 Å². The molecule has 0 unspecified atom stereocenters. The molecule has 0 aliphatic heterocycles. The van der Waals surface area contributed by atoms with Gasteiger partial charge in [0.05, 0.1) is 23.7 Å². The number of aryl methyl sites for hydroxylation is 1. The van der Waals surface area contributed by atoms with Crippen LogP contribution >= 0.6 is 0 Å². The molecule has 1 aromatic carbocycles. The molecular weight excluding hydrogens is 267 g/mol. The summed E-state index contributed by atoms with van der Waals surface area (Å²) in [7, 11) is 0. The summed E-state index contributed by atoms with van der Waals surface area (Å²) in [5.74, 6) is -0.698. The summed E-state index contributed by atoms with van der Waals surface area (Å²) < 4.78 is 15.6. The number of carbonyl (C=O) groups is 1. The average Bonchev–Trinajstić information content (AvgIpc) is 2.91. The molecule has 0 amide bonds. The summed E-state index contributed by atoms with van der Waals surface area (Å²) in [5.41, 5.74) is 1.71. The van der Waals surface area contributed by atoms with Crippen LogP contribution in [0.3, 0.4) is 0 Å². The van der Waals surface area contributed by atoms with Crippen LogP contribution in [0.15, 0.2) is 30.5 Å². The first kappa shape index (κ1) is 15.4. The van der Waals surface area contributed by atoms with E-state index < -0.39 is 5.82 Å². The van der Waals surface area contributed by atoms with Crippen LogP contribution in [-0.4, -0.2) is 15.6 Å². The molecule has 0 saturated carbocycles. The van der Waals surface area contributed by atoms with E-state index in [0.717, 1.165) is 18.4 Å². The van der Waals surface area contributed by atoms with Crippen LogP contribution in [-0.2, 0) is 6.42 Å². The Balaban J connectivity index is 2.15. The zero-order valence-electron chi connectivity index (χ0n) is 12.8. The van der Waals surface area contributed by atoms with E-state index >= 15 is 0 Å². The van der Waals surface area contributed by atoms with Crippen molar-refractivity contribution in [2.75, 3.05) is 0 Å². The lowest BCUT2D eigenvalue weighted by Crippen LogP contribution is -2.10. The van der Waals surface area contributed by atoms with Crippen molar-refractivity contribution < 1.29 is 9.18 Å². The lowest BCUT2D eigenvalue weighted by molar-refractivity contribution is 0.0987. The summed E-state index contributed by atoms with van der Waals surface area (Å²) in [6, 6.07) is 6.78. The van der Waals surface area contributed by atoms with Crippen molar-refractivity contribution in [1.29, 1.82) is 0 Å². The maximum atomic E-state index is 13.7. The Labute approximate surface area is 124 Å². The van der Waals surface area contributed by atoms with Gasteiger partial charge in [0.25, 0.3) is 0 Å². The van der Waals surface area contributed by atoms with E-state index in [1.807, 2.05) is 23.9 Å². The third-order valence-corrected chi connectivity index (χ3v) is 3.74. The maximum Gasteiger partial charge on any atom is 0.171 e. The zero-order valence-corrected chi connectivity index (χ0v) is 12.8. The molecule has 0 aliphatic carbocycles. The summed E-state index contributed by atoms with van der Waals surface area (Å²) >= 11 is 0. The molecule has 0 saturated heterocycles. The van der Waals surface area contributed by atoms with Crippen LogP contribution in [0.5, 0.6) is 0 Å². The van der Waals surface area contributed by atoms with Crippen molar-refractivity contribution in [3.8, 4) is 0 Å². The molecule has 0 bridgehead atoms. The molecule has 0 atom stereocenters. The predicted molar refractivity (Wildman–Crippen MR) is 81.0 cm³/mol. The minimum atomic E-state index is -0.468. The van der Waals surface area contributed by atoms with Gasteiger partial charge in [0.15, 0.2) is 5.78 Å². The minimum absolute atomic E-state index is 0.132. The van der Waals surface area contributed by atoms with E-state index in [-0.39, 0.29) is 17.8 Å². The number of rotatable bonds is 6. The molecule has 0 radical (unpaired) electrons. The highest BCUT2D eigenvalue weighted by atomic mass is 19.1. The molecular formula is C17H21FN2O. The molecule has 3 nitrogen and oxygen atoms in total. The van der Waals surface area contributed by atoms with Crippen molar-refractivity contribution in [3.05, 3.63) is 53.1 Å². The Morgan fingerprint density at radius 2 is 2.00 bits per heavy atom. The first-order chi connectivity index (χ1) is 10.0. The summed E-state index contributed by atoms with van der Waals surface area (Å²) in [5, 5.41) is 4.44. The van der Waals surface area contributed by atoms with Crippen LogP contribution in [0.25, 0.3) is 0 Å². The summed E-state index contributed by atoms with van der Waals surface area (Å²) in [6.45, 7) is 6.07. The number of Topliss-reactive ketones (excluding diaryl/α,β-unsaturated/α-hetero) is 1. The van der Waals surface area contributed by atoms with Gasteiger partial charge in [0.1, 0.15) is 5.82 Å². The first-order valence-electron chi connectivity index (χ1n) is 7.38. The van der Waals surface area contributed by atoms with Gasteiger partial charge in [0, 0.05) is 6.20 Å². The van der Waals surface area contributed by atoms with Crippen LogP contribution in [0.2, 0.25) is 0 Å². The molecule has 2 aromatic rings. The third-order valence-electron chi connectivity index (χ3n) is 3.74. The van der Waals surface area contributed by atoms with Crippen LogP contribution in [0.1, 0.15) is 54.3 Å². The highest BCUT2D eigenvalue weighted by Crippen LogP contribution is 2.16. The molecule has 4 heteroatoms. The molecule has 112 valence electrons. The van der Waals surface area contributed by atoms with Gasteiger partial charge in [-0.05, 0) is 38.0 Å². The number of aromatic nitrogens is 2. The fourth-order valence-electron chi connectivity index (χ4n) is 2.45. The number of nitrogens with zero attached hydrogens (tertiary/aromatic N) is 2. The molecule has 1 aromatic heterocycles. The molecule has 0 fully saturated rings. The van der Waals surface area contributed by atoms with Gasteiger partial charge in [0.2, 0.25) is 0 Å². The van der Waals surface area contributed by atoms with E-state index in [4.69, 9.17) is 0 Å². The van der Waals surface area contributed by atoms with Gasteiger partial charge in [-0.2, -0.15) is 5.10 Å². The van der Waals surface area contributed by atoms with Gasteiger partial charge >= 0.3 is 0 Å². The minimum Gasteiger partial charge on any atom is -0.294 e. The van der Waals surface area contributed by atoms with Crippen LogP contribution < -0.4 is 0 Å². The Morgan fingerprint density at radius 3 is 2.67 bits per heavy atom. The highest BCUT2D eigenvalue weighted by molar-refractivity contribution is 5.97. The fourth-order valence-corrected chi connectivity index (χ4v) is 2.45. The van der Waals surface area contributed by atoms with Gasteiger partial charge < -0.3 is 0 Å². The van der Waals surface area contributed by atoms with Gasteiger partial charge in [-0.3, -0.25) is 9.48 Å². The molecule has 0 spiro atoms. The number of hydrogen-bond donors (Lipinski definition) is 0. The molecule has 1 heterocycles. The Bertz CT molecular complexity index is 629. The van der Waals surface area contributed by atoms with Gasteiger partial charge in [-0.15, -0.1) is 0 Å². The quantitative estimate of drug-likeness (QED) is 0.749. The second kappa shape index (κ2) is 6.66. The maximum absolute atomic E-state index is 13.7. The second-order valence-electron chi connectivity index (χ2n) is 5.34. The summed E-state index contributed by atoms with van der Waals surface area (Å²) in [6.07, 6.45) is 4.02. The number of halogens is 1. The van der Waals surface area contributed by atoms with Crippen molar-refractivity contribution in [2.24, 2.45) is 0 Å². The van der Waals surface area contributed by atoms with Crippen molar-refractivity contribution >= 4 is 5.78 Å². The Hall–Kier alpha value is -1.97. The normalized spacial score (nSPS) is 11.1. The topological polar surface area (TPSA) is 34.9 Å². The van der Waals surface area contributed by atoms with E-state index in [0.29, 0.717) is 11.7 Å². The second-order valence-corrected chi connectivity index (χ2v) is 5.34. The number of ketones is 1. The molecule has 0 N–H and O–H groups in total. The van der Waals surface area contributed by atoms with Crippen molar-refractivity contribution in [1.82, 2.24) is 9.78 Å². The van der Waals surface area contributed by atoms with E-state index in [2.05, 4.69) is 18.9 Å². The predicted octanol–water partition coefficient (Wildman–Crippen LogP) is 4.12. The Morgan fingerprint density at radius 1 is 1.29 bits per heavy atom. The Kier molecular flexibility index (Phi) is 4.89. The average molecular weight is 288 g/mol. The lowest BCUT2D eigenvalue weighted by atomic mass is 10.0. The van der Waals surface area contributed by atoms with Crippen LogP contribution in [0.4, 0.5) is 4.39 Å². The van der Waals surface area contributed by atoms with E-state index in [1.54, 1.807) is 12.1 Å². The van der Waals surface area contributed by atoms with Crippen molar-refractivity contribution in [3.63, 3.8) is 0 Å². The number of benzene rings is 1. The fraction of sp³-hybridized carbons (Fsp3) is 0.412. The largest absolute Gasteiger partial charge is 0.294 e. The number of carbonyl (C=O) groups excluding carboxylic acids is 1. The standard InChI is InChI=1S/C17H21FN2O/c1-4-14(5-2)20-9-8-13(19-20)11-17(21)15-10-12(3)6-7-16(15)18/h6-10,14H,4-5,11H2,1-3H3. The third kappa shape index (κ3) is 3.57. The summed E-state index contributed by atoms with van der Waals surface area (Å²) in [4.78, 5) is 12.2. The zero-order chi connectivity index (χ0) is 15.4. The van der Waals surface area contributed by atoms with Crippen LogP contribution in [0, 0.1) is 12.7 Å². The van der Waals surface area contributed by atoms with E-state index in [1.165, 1.54) is 6.07 Å². The SMILES string of the molecule is CCC(CC)n1ccc(CC(=O)c2cc(C)ccc2F)n1. The van der Waals surface area contributed by atoms with E-state index in [9.17, 15) is 9.18 Å². The molecule has 0 aliphatic rings. The van der Waals surface area contributed by atoms with Crippen molar-refractivity contribution in [2.45, 2.75) is 46.1 Å². The smallest absolute Gasteiger partial charge is 0.171 e. The highest BCUT2D eigenvalue weighted by Gasteiger charge is 2.15. The molecule has 2 rings (SSSR count).